The predicted octanol–water partition coefficient (Wildman–Crippen LogP) is 2.33. The molecule has 72 valence electrons. The van der Waals surface area contributed by atoms with Crippen LogP contribution >= 0.6 is 0 Å². The van der Waals surface area contributed by atoms with Crippen LogP contribution in [-0.4, -0.2) is 0 Å². The van der Waals surface area contributed by atoms with Gasteiger partial charge in [-0.1, -0.05) is 0 Å². The molecule has 2 heteroatoms. The average Bonchev–Trinajstić information content (AvgIpc) is 2.20. The van der Waals surface area contributed by atoms with Gasteiger partial charge in [-0.05, 0) is 49.4 Å². The molecule has 0 aromatic carbocycles. The summed E-state index contributed by atoms with van der Waals surface area (Å²) in [6.45, 7) is 0. The Balaban J connectivity index is 1.91. The molecule has 4 atom stereocenters. The van der Waals surface area contributed by atoms with Crippen LogP contribution in [0.3, 0.4) is 0 Å². The van der Waals surface area contributed by atoms with Gasteiger partial charge in [-0.25, -0.2) is 0 Å². The number of nitrogens with zero attached hydrogens (tertiary/aromatic N) is 2. The highest BCUT2D eigenvalue weighted by Gasteiger charge is 2.60. The summed E-state index contributed by atoms with van der Waals surface area (Å²) in [5.41, 5.74) is 0. The van der Waals surface area contributed by atoms with Crippen molar-refractivity contribution in [3.05, 3.63) is 0 Å². The zero-order valence-corrected chi connectivity index (χ0v) is 8.19. The fourth-order valence-corrected chi connectivity index (χ4v) is 4.27. The van der Waals surface area contributed by atoms with Crippen LogP contribution in [0.5, 0.6) is 0 Å². The maximum atomic E-state index is 9.05. The monoisotopic (exact) mass is 186 g/mol. The molecule has 4 aliphatic carbocycles. The highest BCUT2D eigenvalue weighted by molar-refractivity contribution is 5.19. The molecular weight excluding hydrogens is 172 g/mol. The molecule has 14 heavy (non-hydrogen) atoms. The van der Waals surface area contributed by atoms with Crippen LogP contribution in [0.4, 0.5) is 0 Å². The van der Waals surface area contributed by atoms with Gasteiger partial charge in [0.1, 0.15) is 0 Å². The van der Waals surface area contributed by atoms with Gasteiger partial charge >= 0.3 is 0 Å². The molecule has 0 saturated heterocycles. The smallest absolute Gasteiger partial charge is 0.0672 e. The van der Waals surface area contributed by atoms with E-state index >= 15 is 0 Å². The lowest BCUT2D eigenvalue weighted by Gasteiger charge is -2.59. The van der Waals surface area contributed by atoms with Gasteiger partial charge in [0.15, 0.2) is 0 Å². The van der Waals surface area contributed by atoms with Gasteiger partial charge in [-0.3, -0.25) is 0 Å². The maximum Gasteiger partial charge on any atom is 0.0672 e. The highest BCUT2D eigenvalue weighted by atomic mass is 14.6. The van der Waals surface area contributed by atoms with Crippen LogP contribution in [-0.2, 0) is 0 Å². The Morgan fingerprint density at radius 3 is 1.36 bits per heavy atom. The number of hydrogen-bond acceptors (Lipinski definition) is 2. The second kappa shape index (κ2) is 2.74. The quantitative estimate of drug-likeness (QED) is 0.583. The van der Waals surface area contributed by atoms with Crippen LogP contribution in [0.2, 0.25) is 0 Å². The fourth-order valence-electron chi connectivity index (χ4n) is 4.27. The van der Waals surface area contributed by atoms with Crippen molar-refractivity contribution in [1.29, 1.82) is 10.5 Å². The molecule has 0 radical (unpaired) electrons. The van der Waals surface area contributed by atoms with Crippen molar-refractivity contribution in [1.82, 2.24) is 0 Å². The molecule has 4 rings (SSSR count). The molecule has 4 fully saturated rings. The molecule has 0 amide bonds. The topological polar surface area (TPSA) is 47.6 Å². The third kappa shape index (κ3) is 0.800. The fraction of sp³-hybridized carbons (Fsp3) is 0.833. The zero-order valence-electron chi connectivity index (χ0n) is 8.19. The summed E-state index contributed by atoms with van der Waals surface area (Å²) in [7, 11) is 0. The van der Waals surface area contributed by atoms with Crippen LogP contribution in [0, 0.1) is 58.2 Å². The number of hydrogen-bond donors (Lipinski definition) is 0. The van der Waals surface area contributed by atoms with E-state index in [2.05, 4.69) is 12.1 Å². The van der Waals surface area contributed by atoms with E-state index in [1.54, 1.807) is 0 Å². The van der Waals surface area contributed by atoms with E-state index < -0.39 is 0 Å². The lowest BCUT2D eigenvalue weighted by molar-refractivity contribution is -0.110. The summed E-state index contributed by atoms with van der Waals surface area (Å²) in [4.78, 5) is 0. The van der Waals surface area contributed by atoms with Gasteiger partial charge in [-0.2, -0.15) is 10.5 Å². The van der Waals surface area contributed by atoms with E-state index in [1.807, 2.05) is 0 Å². The van der Waals surface area contributed by atoms with Crippen molar-refractivity contribution in [2.24, 2.45) is 35.5 Å². The molecule has 0 aromatic heterocycles. The minimum absolute atomic E-state index is 0.0677. The van der Waals surface area contributed by atoms with Crippen molar-refractivity contribution in [2.45, 2.75) is 25.7 Å². The number of nitriles is 2. The minimum atomic E-state index is 0.0677. The van der Waals surface area contributed by atoms with E-state index in [4.69, 9.17) is 10.5 Å². The molecular formula is C12H14N2. The first-order valence-corrected chi connectivity index (χ1v) is 5.66. The standard InChI is InChI=1S/C12H14N2/c13-5-9-10(6-14)12-8-2-1-7(3-4-8)11(9)12/h7-12H,1-4H2. The van der Waals surface area contributed by atoms with E-state index in [9.17, 15) is 0 Å². The molecule has 0 spiro atoms. The normalized spacial score (nSPS) is 53.9. The Morgan fingerprint density at radius 2 is 1.07 bits per heavy atom. The summed E-state index contributed by atoms with van der Waals surface area (Å²) >= 11 is 0. The lowest BCUT2D eigenvalue weighted by Crippen LogP contribution is -2.57. The molecule has 0 heterocycles. The Kier molecular flexibility index (Phi) is 1.62. The predicted molar refractivity (Wildman–Crippen MR) is 50.6 cm³/mol. The molecule has 4 unspecified atom stereocenters. The van der Waals surface area contributed by atoms with E-state index in [0.717, 1.165) is 11.8 Å². The SMILES string of the molecule is N#CC1C(C#N)C2C3CCC(CC3)C12. The minimum Gasteiger partial charge on any atom is -0.198 e. The Morgan fingerprint density at radius 1 is 0.714 bits per heavy atom. The molecule has 0 aromatic rings. The van der Waals surface area contributed by atoms with Gasteiger partial charge in [0.2, 0.25) is 0 Å². The van der Waals surface area contributed by atoms with E-state index in [0.29, 0.717) is 11.8 Å². The van der Waals surface area contributed by atoms with Gasteiger partial charge in [0.25, 0.3) is 0 Å². The van der Waals surface area contributed by atoms with Crippen LogP contribution in [0.15, 0.2) is 0 Å². The van der Waals surface area contributed by atoms with E-state index in [1.165, 1.54) is 25.7 Å². The molecule has 4 saturated carbocycles. The van der Waals surface area contributed by atoms with Crippen molar-refractivity contribution in [2.75, 3.05) is 0 Å². The summed E-state index contributed by atoms with van der Waals surface area (Å²) in [5.74, 6) is 2.88. The van der Waals surface area contributed by atoms with Crippen molar-refractivity contribution in [3.8, 4) is 12.1 Å². The van der Waals surface area contributed by atoms with Crippen molar-refractivity contribution >= 4 is 0 Å². The highest BCUT2D eigenvalue weighted by Crippen LogP contribution is 2.62. The molecule has 4 aliphatic rings. The second-order valence-corrected chi connectivity index (χ2v) is 5.14. The third-order valence-corrected chi connectivity index (χ3v) is 4.86. The number of fused-ring (bicyclic) bond motifs is 2. The molecule has 2 nitrogen and oxygen atoms in total. The van der Waals surface area contributed by atoms with Crippen molar-refractivity contribution < 1.29 is 0 Å². The Hall–Kier alpha value is -1.02. The van der Waals surface area contributed by atoms with E-state index in [-0.39, 0.29) is 11.8 Å². The van der Waals surface area contributed by atoms with Gasteiger partial charge < -0.3 is 0 Å². The summed E-state index contributed by atoms with van der Waals surface area (Å²) < 4.78 is 0. The molecule has 2 bridgehead atoms. The summed E-state index contributed by atoms with van der Waals surface area (Å²) in [5, 5.41) is 18.1. The van der Waals surface area contributed by atoms with Crippen LogP contribution in [0.25, 0.3) is 0 Å². The Bertz CT molecular complexity index is 293. The van der Waals surface area contributed by atoms with Crippen LogP contribution in [0.1, 0.15) is 25.7 Å². The molecule has 0 aliphatic heterocycles. The maximum absolute atomic E-state index is 9.05. The summed E-state index contributed by atoms with van der Waals surface area (Å²) in [6, 6.07) is 4.73. The lowest BCUT2D eigenvalue weighted by atomic mass is 9.42. The zero-order chi connectivity index (χ0) is 9.71. The average molecular weight is 186 g/mol. The molecule has 0 N–H and O–H groups in total. The summed E-state index contributed by atoms with van der Waals surface area (Å²) in [6.07, 6.45) is 5.29. The Labute approximate surface area is 84.5 Å². The first-order chi connectivity index (χ1) is 6.86. The van der Waals surface area contributed by atoms with Crippen molar-refractivity contribution in [3.63, 3.8) is 0 Å². The second-order valence-electron chi connectivity index (χ2n) is 5.14. The third-order valence-electron chi connectivity index (χ3n) is 4.86. The number of rotatable bonds is 0. The van der Waals surface area contributed by atoms with Gasteiger partial charge in [-0.15, -0.1) is 0 Å². The van der Waals surface area contributed by atoms with Gasteiger partial charge in [0.05, 0.1) is 24.0 Å². The van der Waals surface area contributed by atoms with Crippen LogP contribution < -0.4 is 0 Å². The van der Waals surface area contributed by atoms with Gasteiger partial charge in [0, 0.05) is 0 Å². The first kappa shape index (κ1) is 8.30. The first-order valence-electron chi connectivity index (χ1n) is 5.66. The largest absolute Gasteiger partial charge is 0.198 e.